The molecule has 0 radical (unpaired) electrons. The van der Waals surface area contributed by atoms with Crippen LogP contribution in [0.1, 0.15) is 18.4 Å². The van der Waals surface area contributed by atoms with Crippen LogP contribution in [0, 0.1) is 0 Å². The summed E-state index contributed by atoms with van der Waals surface area (Å²) in [5.41, 5.74) is 1.11. The minimum absolute atomic E-state index is 0.166. The van der Waals surface area contributed by atoms with Gasteiger partial charge in [0.1, 0.15) is 0 Å². The molecule has 1 aromatic rings. The van der Waals surface area contributed by atoms with Crippen molar-refractivity contribution in [2.24, 2.45) is 5.14 Å². The van der Waals surface area contributed by atoms with Crippen LogP contribution in [0.3, 0.4) is 0 Å². The normalized spacial score (nSPS) is 19.7. The molecule has 6 heteroatoms. The molecular weight excluding hydrogens is 262 g/mol. The summed E-state index contributed by atoms with van der Waals surface area (Å²) in [6, 6.07) is 7.35. The lowest BCUT2D eigenvalue weighted by Gasteiger charge is -2.11. The van der Waals surface area contributed by atoms with Crippen LogP contribution < -0.4 is 15.8 Å². The molecule has 0 bridgehead atoms. The zero-order chi connectivity index (χ0) is 13.7. The van der Waals surface area contributed by atoms with E-state index >= 15 is 0 Å². The number of primary sulfonamides is 1. The monoisotopic (exact) mass is 283 g/mol. The molecule has 0 amide bonds. The van der Waals surface area contributed by atoms with Gasteiger partial charge in [-0.3, -0.25) is 0 Å². The maximum Gasteiger partial charge on any atom is 0.238 e. The van der Waals surface area contributed by atoms with E-state index in [1.807, 2.05) is 12.1 Å². The summed E-state index contributed by atoms with van der Waals surface area (Å²) in [4.78, 5) is 0.166. The van der Waals surface area contributed by atoms with E-state index in [1.165, 1.54) is 12.8 Å². The second-order valence-corrected chi connectivity index (χ2v) is 6.50. The largest absolute Gasteiger partial charge is 0.315 e. The van der Waals surface area contributed by atoms with E-state index in [9.17, 15) is 8.42 Å². The molecule has 1 atom stereocenters. The lowest BCUT2D eigenvalue weighted by molar-refractivity contribution is 0.537. The van der Waals surface area contributed by atoms with Crippen molar-refractivity contribution in [3.8, 4) is 0 Å². The number of sulfonamides is 1. The minimum atomic E-state index is -3.58. The number of benzene rings is 1. The van der Waals surface area contributed by atoms with Crippen LogP contribution in [-0.4, -0.2) is 34.1 Å². The summed E-state index contributed by atoms with van der Waals surface area (Å²) in [6.45, 7) is 3.02. The minimum Gasteiger partial charge on any atom is -0.315 e. The molecule has 106 valence electrons. The van der Waals surface area contributed by atoms with Crippen LogP contribution in [0.4, 0.5) is 0 Å². The quantitative estimate of drug-likeness (QED) is 0.652. The second-order valence-electron chi connectivity index (χ2n) is 4.94. The maximum atomic E-state index is 11.1. The SMILES string of the molecule is NS(=O)(=O)c1ccc(CCNCC2CCCN2)cc1. The summed E-state index contributed by atoms with van der Waals surface area (Å²) in [5, 5.41) is 11.9. The highest BCUT2D eigenvalue weighted by molar-refractivity contribution is 7.89. The van der Waals surface area contributed by atoms with Crippen molar-refractivity contribution >= 4 is 10.0 Å². The fraction of sp³-hybridized carbons (Fsp3) is 0.538. The fourth-order valence-corrected chi connectivity index (χ4v) is 2.80. The predicted molar refractivity (Wildman–Crippen MR) is 75.4 cm³/mol. The summed E-state index contributed by atoms with van der Waals surface area (Å²) in [7, 11) is -3.58. The summed E-state index contributed by atoms with van der Waals surface area (Å²) >= 11 is 0. The molecule has 4 N–H and O–H groups in total. The second kappa shape index (κ2) is 6.47. The molecule has 2 rings (SSSR count). The molecule has 1 heterocycles. The van der Waals surface area contributed by atoms with Crippen molar-refractivity contribution in [3.05, 3.63) is 29.8 Å². The van der Waals surface area contributed by atoms with Crippen LogP contribution in [0.15, 0.2) is 29.2 Å². The highest BCUT2D eigenvalue weighted by atomic mass is 32.2. The average Bonchev–Trinajstić information content (AvgIpc) is 2.87. The van der Waals surface area contributed by atoms with Gasteiger partial charge in [0.2, 0.25) is 10.0 Å². The topological polar surface area (TPSA) is 84.2 Å². The molecule has 1 aliphatic rings. The molecule has 0 aromatic heterocycles. The van der Waals surface area contributed by atoms with Crippen LogP contribution in [0.2, 0.25) is 0 Å². The summed E-state index contributed by atoms with van der Waals surface area (Å²) in [5.74, 6) is 0. The van der Waals surface area contributed by atoms with Crippen LogP contribution in [0.5, 0.6) is 0 Å². The molecule has 0 aliphatic carbocycles. The number of hydrogen-bond donors (Lipinski definition) is 3. The van der Waals surface area contributed by atoms with Gasteiger partial charge in [-0.1, -0.05) is 12.1 Å². The molecule has 1 fully saturated rings. The van der Waals surface area contributed by atoms with E-state index in [2.05, 4.69) is 10.6 Å². The average molecular weight is 283 g/mol. The Morgan fingerprint density at radius 1 is 1.32 bits per heavy atom. The van der Waals surface area contributed by atoms with Gasteiger partial charge in [-0.2, -0.15) is 0 Å². The number of nitrogens with two attached hydrogens (primary N) is 1. The molecule has 5 nitrogen and oxygen atoms in total. The Morgan fingerprint density at radius 2 is 2.05 bits per heavy atom. The van der Waals surface area contributed by atoms with Gasteiger partial charge in [0.15, 0.2) is 0 Å². The molecule has 1 aliphatic heterocycles. The van der Waals surface area contributed by atoms with Gasteiger partial charge >= 0.3 is 0 Å². The van der Waals surface area contributed by atoms with E-state index < -0.39 is 10.0 Å². The van der Waals surface area contributed by atoms with E-state index in [-0.39, 0.29) is 4.90 Å². The van der Waals surface area contributed by atoms with Gasteiger partial charge in [-0.25, -0.2) is 13.6 Å². The van der Waals surface area contributed by atoms with Crippen molar-refractivity contribution in [1.29, 1.82) is 0 Å². The van der Waals surface area contributed by atoms with Crippen molar-refractivity contribution in [2.45, 2.75) is 30.2 Å². The third kappa shape index (κ3) is 4.58. The van der Waals surface area contributed by atoms with Crippen molar-refractivity contribution in [3.63, 3.8) is 0 Å². The Bertz CT molecular complexity index is 493. The maximum absolute atomic E-state index is 11.1. The van der Waals surface area contributed by atoms with Crippen molar-refractivity contribution in [2.75, 3.05) is 19.6 Å². The lowest BCUT2D eigenvalue weighted by Crippen LogP contribution is -2.34. The first-order chi connectivity index (χ1) is 9.05. The van der Waals surface area contributed by atoms with Crippen LogP contribution >= 0.6 is 0 Å². The molecule has 0 spiro atoms. The Labute approximate surface area is 114 Å². The van der Waals surface area contributed by atoms with Gasteiger partial charge in [0.05, 0.1) is 4.90 Å². The molecular formula is C13H21N3O2S. The smallest absolute Gasteiger partial charge is 0.238 e. The Balaban J connectivity index is 1.74. The van der Waals surface area contributed by atoms with E-state index in [4.69, 9.17) is 5.14 Å². The number of rotatable bonds is 6. The first-order valence-electron chi connectivity index (χ1n) is 6.61. The zero-order valence-electron chi connectivity index (χ0n) is 10.9. The van der Waals surface area contributed by atoms with Crippen molar-refractivity contribution < 1.29 is 8.42 Å². The molecule has 1 unspecified atom stereocenters. The summed E-state index contributed by atoms with van der Waals surface area (Å²) in [6.07, 6.45) is 3.40. The molecule has 19 heavy (non-hydrogen) atoms. The highest BCUT2D eigenvalue weighted by Gasteiger charge is 2.12. The molecule has 0 saturated carbocycles. The highest BCUT2D eigenvalue weighted by Crippen LogP contribution is 2.09. The van der Waals surface area contributed by atoms with E-state index in [1.54, 1.807) is 12.1 Å². The predicted octanol–water partition coefficient (Wildman–Crippen LogP) is 0.218. The Morgan fingerprint density at radius 3 is 2.63 bits per heavy atom. The fourth-order valence-electron chi connectivity index (χ4n) is 2.29. The number of hydrogen-bond acceptors (Lipinski definition) is 4. The lowest BCUT2D eigenvalue weighted by atomic mass is 10.1. The Hall–Kier alpha value is -0.950. The first-order valence-corrected chi connectivity index (χ1v) is 8.16. The molecule has 1 saturated heterocycles. The third-order valence-electron chi connectivity index (χ3n) is 3.40. The van der Waals surface area contributed by atoms with Gasteiger partial charge < -0.3 is 10.6 Å². The standard InChI is InChI=1S/C13H21N3O2S/c14-19(17,18)13-5-3-11(4-6-13)7-9-15-10-12-2-1-8-16-12/h3-6,12,15-16H,1-2,7-10H2,(H2,14,17,18). The summed E-state index contributed by atoms with van der Waals surface area (Å²) < 4.78 is 22.2. The van der Waals surface area contributed by atoms with Gasteiger partial charge in [-0.15, -0.1) is 0 Å². The van der Waals surface area contributed by atoms with Gasteiger partial charge in [0.25, 0.3) is 0 Å². The van der Waals surface area contributed by atoms with Gasteiger partial charge in [-0.05, 0) is 50.0 Å². The Kier molecular flexibility index (Phi) is 4.93. The number of nitrogens with one attached hydrogen (secondary N) is 2. The van der Waals surface area contributed by atoms with Crippen LogP contribution in [-0.2, 0) is 16.4 Å². The van der Waals surface area contributed by atoms with E-state index in [0.29, 0.717) is 6.04 Å². The first kappa shape index (κ1) is 14.5. The third-order valence-corrected chi connectivity index (χ3v) is 4.32. The van der Waals surface area contributed by atoms with Crippen molar-refractivity contribution in [1.82, 2.24) is 10.6 Å². The van der Waals surface area contributed by atoms with E-state index in [0.717, 1.165) is 31.6 Å². The molecule has 1 aromatic carbocycles. The van der Waals surface area contributed by atoms with Crippen LogP contribution in [0.25, 0.3) is 0 Å². The van der Waals surface area contributed by atoms with Gasteiger partial charge in [0, 0.05) is 12.6 Å². The zero-order valence-corrected chi connectivity index (χ0v) is 11.7.